The van der Waals surface area contributed by atoms with Crippen LogP contribution >= 0.6 is 0 Å². The Kier molecular flexibility index (Phi) is 4.73. The molecule has 0 bridgehead atoms. The maximum absolute atomic E-state index is 11.5. The van der Waals surface area contributed by atoms with Gasteiger partial charge in [0.05, 0.1) is 22.9 Å². The molecule has 1 aromatic rings. The van der Waals surface area contributed by atoms with Crippen LogP contribution in [0, 0.1) is 0 Å². The number of sulfonamides is 1. The first-order chi connectivity index (χ1) is 8.75. The van der Waals surface area contributed by atoms with Gasteiger partial charge in [0.25, 0.3) is 0 Å². The van der Waals surface area contributed by atoms with Crippen LogP contribution in [0.2, 0.25) is 0 Å². The largest absolute Gasteiger partial charge is 0.464 e. The number of benzene rings is 1. The number of nitrogens with one attached hydrogen (secondary N) is 1. The van der Waals surface area contributed by atoms with Gasteiger partial charge in [0.2, 0.25) is 10.0 Å². The number of hydrogen-bond acceptors (Lipinski definition) is 6. The lowest BCUT2D eigenvalue weighted by Gasteiger charge is -2.16. The Bertz CT molecular complexity index is 571. The lowest BCUT2D eigenvalue weighted by molar-refractivity contribution is -0.143. The second-order valence-corrected chi connectivity index (χ2v) is 5.47. The molecule has 1 aromatic carbocycles. The predicted octanol–water partition coefficient (Wildman–Crippen LogP) is 0.280. The standard InChI is InChI=1S/C11H17N3O4S/c1-3-18-11(15)7(2)14-10-6-8(19(13,16)17)4-5-9(10)12/h4-7,14H,3,12H2,1-2H3,(H2,13,16,17). The normalized spacial score (nSPS) is 12.8. The van der Waals surface area contributed by atoms with E-state index in [-0.39, 0.29) is 11.5 Å². The molecule has 1 rings (SSSR count). The van der Waals surface area contributed by atoms with E-state index in [4.69, 9.17) is 15.6 Å². The molecule has 1 atom stereocenters. The highest BCUT2D eigenvalue weighted by atomic mass is 32.2. The van der Waals surface area contributed by atoms with Crippen molar-refractivity contribution in [1.29, 1.82) is 0 Å². The Morgan fingerprint density at radius 3 is 2.63 bits per heavy atom. The molecule has 0 heterocycles. The number of carbonyl (C=O) groups excluding carboxylic acids is 1. The molecule has 0 radical (unpaired) electrons. The van der Waals surface area contributed by atoms with Crippen molar-refractivity contribution in [2.45, 2.75) is 24.8 Å². The van der Waals surface area contributed by atoms with Crippen LogP contribution in [0.5, 0.6) is 0 Å². The van der Waals surface area contributed by atoms with Crippen LogP contribution in [0.15, 0.2) is 23.1 Å². The summed E-state index contributed by atoms with van der Waals surface area (Å²) in [5, 5.41) is 7.81. The summed E-state index contributed by atoms with van der Waals surface area (Å²) in [4.78, 5) is 11.4. The Labute approximate surface area is 112 Å². The minimum absolute atomic E-state index is 0.0831. The second kappa shape index (κ2) is 5.89. The lowest BCUT2D eigenvalue weighted by atomic mass is 10.2. The van der Waals surface area contributed by atoms with E-state index >= 15 is 0 Å². The van der Waals surface area contributed by atoms with Gasteiger partial charge in [0, 0.05) is 0 Å². The van der Waals surface area contributed by atoms with E-state index in [0.717, 1.165) is 0 Å². The Morgan fingerprint density at radius 1 is 1.47 bits per heavy atom. The van der Waals surface area contributed by atoms with E-state index < -0.39 is 22.0 Å². The number of esters is 1. The molecular formula is C11H17N3O4S. The number of nitrogen functional groups attached to an aromatic ring is 1. The van der Waals surface area contributed by atoms with E-state index in [0.29, 0.717) is 11.4 Å². The summed E-state index contributed by atoms with van der Waals surface area (Å²) in [7, 11) is -3.82. The summed E-state index contributed by atoms with van der Waals surface area (Å²) < 4.78 is 27.3. The fraction of sp³-hybridized carbons (Fsp3) is 0.364. The smallest absolute Gasteiger partial charge is 0.328 e. The molecule has 0 aliphatic heterocycles. The summed E-state index contributed by atoms with van der Waals surface area (Å²) in [6.07, 6.45) is 0. The minimum atomic E-state index is -3.82. The van der Waals surface area contributed by atoms with Crippen LogP contribution in [-0.2, 0) is 19.6 Å². The monoisotopic (exact) mass is 287 g/mol. The molecule has 0 saturated carbocycles. The molecule has 1 unspecified atom stereocenters. The molecule has 0 amide bonds. The molecule has 0 spiro atoms. The van der Waals surface area contributed by atoms with Crippen molar-refractivity contribution in [3.05, 3.63) is 18.2 Å². The zero-order valence-corrected chi connectivity index (χ0v) is 11.5. The first-order valence-electron chi connectivity index (χ1n) is 5.61. The number of hydrogen-bond donors (Lipinski definition) is 3. The third kappa shape index (κ3) is 4.11. The third-order valence-corrected chi connectivity index (χ3v) is 3.28. The van der Waals surface area contributed by atoms with Crippen molar-refractivity contribution < 1.29 is 17.9 Å². The van der Waals surface area contributed by atoms with E-state index in [9.17, 15) is 13.2 Å². The number of nitrogens with two attached hydrogens (primary N) is 2. The van der Waals surface area contributed by atoms with Crippen LogP contribution in [-0.4, -0.2) is 27.0 Å². The highest BCUT2D eigenvalue weighted by Crippen LogP contribution is 2.23. The zero-order chi connectivity index (χ0) is 14.6. The average molecular weight is 287 g/mol. The van der Waals surface area contributed by atoms with Gasteiger partial charge in [-0.2, -0.15) is 0 Å². The fourth-order valence-electron chi connectivity index (χ4n) is 1.40. The van der Waals surface area contributed by atoms with Crippen molar-refractivity contribution in [2.75, 3.05) is 17.7 Å². The van der Waals surface area contributed by atoms with Crippen molar-refractivity contribution in [2.24, 2.45) is 5.14 Å². The van der Waals surface area contributed by atoms with Gasteiger partial charge in [-0.05, 0) is 32.0 Å². The third-order valence-electron chi connectivity index (χ3n) is 2.37. The molecule has 0 fully saturated rings. The molecule has 8 heteroatoms. The van der Waals surface area contributed by atoms with E-state index in [1.807, 2.05) is 0 Å². The molecule has 0 aromatic heterocycles. The van der Waals surface area contributed by atoms with Gasteiger partial charge in [-0.1, -0.05) is 0 Å². The number of anilines is 2. The van der Waals surface area contributed by atoms with E-state index in [2.05, 4.69) is 5.32 Å². The highest BCUT2D eigenvalue weighted by molar-refractivity contribution is 7.89. The zero-order valence-electron chi connectivity index (χ0n) is 10.7. The van der Waals surface area contributed by atoms with Crippen LogP contribution in [0.1, 0.15) is 13.8 Å². The maximum Gasteiger partial charge on any atom is 0.328 e. The van der Waals surface area contributed by atoms with Gasteiger partial charge in [-0.15, -0.1) is 0 Å². The van der Waals surface area contributed by atoms with Crippen LogP contribution in [0.4, 0.5) is 11.4 Å². The predicted molar refractivity (Wildman–Crippen MR) is 71.9 cm³/mol. The van der Waals surface area contributed by atoms with Gasteiger partial charge >= 0.3 is 5.97 Å². The Balaban J connectivity index is 2.98. The lowest BCUT2D eigenvalue weighted by Crippen LogP contribution is -2.28. The van der Waals surface area contributed by atoms with Crippen molar-refractivity contribution in [1.82, 2.24) is 0 Å². The summed E-state index contributed by atoms with van der Waals surface area (Å²) in [6, 6.07) is 3.32. The molecular weight excluding hydrogens is 270 g/mol. The highest BCUT2D eigenvalue weighted by Gasteiger charge is 2.16. The second-order valence-electron chi connectivity index (χ2n) is 3.91. The quantitative estimate of drug-likeness (QED) is 0.527. The SMILES string of the molecule is CCOC(=O)C(C)Nc1cc(S(N)(=O)=O)ccc1N. The molecule has 0 aliphatic rings. The van der Waals surface area contributed by atoms with Crippen LogP contribution in [0.25, 0.3) is 0 Å². The fourth-order valence-corrected chi connectivity index (χ4v) is 1.94. The number of primary sulfonamides is 1. The van der Waals surface area contributed by atoms with Crippen molar-refractivity contribution in [3.63, 3.8) is 0 Å². The molecule has 106 valence electrons. The van der Waals surface area contributed by atoms with Gasteiger partial charge in [0.1, 0.15) is 6.04 Å². The molecule has 5 N–H and O–H groups in total. The number of rotatable bonds is 5. The molecule has 0 saturated heterocycles. The van der Waals surface area contributed by atoms with Gasteiger partial charge in [-0.25, -0.2) is 18.4 Å². The van der Waals surface area contributed by atoms with Gasteiger partial charge < -0.3 is 15.8 Å². The molecule has 7 nitrogen and oxygen atoms in total. The van der Waals surface area contributed by atoms with Crippen molar-refractivity contribution >= 4 is 27.4 Å². The Morgan fingerprint density at radius 2 is 2.11 bits per heavy atom. The first-order valence-corrected chi connectivity index (χ1v) is 7.15. The number of carbonyl (C=O) groups is 1. The van der Waals surface area contributed by atoms with Gasteiger partial charge in [0.15, 0.2) is 0 Å². The van der Waals surface area contributed by atoms with Gasteiger partial charge in [-0.3, -0.25) is 0 Å². The number of ether oxygens (including phenoxy) is 1. The van der Waals surface area contributed by atoms with E-state index in [1.54, 1.807) is 13.8 Å². The minimum Gasteiger partial charge on any atom is -0.464 e. The molecule has 0 aliphatic carbocycles. The summed E-state index contributed by atoms with van der Waals surface area (Å²) in [6.45, 7) is 3.54. The van der Waals surface area contributed by atoms with Crippen LogP contribution < -0.4 is 16.2 Å². The van der Waals surface area contributed by atoms with Crippen LogP contribution in [0.3, 0.4) is 0 Å². The summed E-state index contributed by atoms with van der Waals surface area (Å²) in [5.74, 6) is -0.456. The summed E-state index contributed by atoms with van der Waals surface area (Å²) in [5.41, 5.74) is 6.33. The Hall–Kier alpha value is -1.80. The van der Waals surface area contributed by atoms with Crippen molar-refractivity contribution in [3.8, 4) is 0 Å². The van der Waals surface area contributed by atoms with E-state index in [1.165, 1.54) is 18.2 Å². The average Bonchev–Trinajstić information content (AvgIpc) is 2.30. The summed E-state index contributed by atoms with van der Waals surface area (Å²) >= 11 is 0. The maximum atomic E-state index is 11.5. The molecule has 19 heavy (non-hydrogen) atoms. The topological polar surface area (TPSA) is 125 Å². The first kappa shape index (κ1) is 15.3.